The number of thiophene rings is 1. The molecule has 0 radical (unpaired) electrons. The molecule has 0 saturated carbocycles. The minimum Gasteiger partial charge on any atom is -0.149 e. The van der Waals surface area contributed by atoms with Gasteiger partial charge in [-0.15, -0.1) is 11.3 Å². The fourth-order valence-electron chi connectivity index (χ4n) is 1.85. The van der Waals surface area contributed by atoms with Crippen molar-refractivity contribution in [1.82, 2.24) is 0 Å². The molecule has 82 valence electrons. The van der Waals surface area contributed by atoms with Crippen molar-refractivity contribution in [2.24, 2.45) is 0 Å². The molecule has 0 aliphatic heterocycles. The highest BCUT2D eigenvalue weighted by atomic mass is 32.1. The molecule has 1 aromatic carbocycles. The molecule has 2 aromatic rings. The molecule has 1 heteroatoms. The highest BCUT2D eigenvalue weighted by Gasteiger charge is 2.02. The van der Waals surface area contributed by atoms with Gasteiger partial charge >= 0.3 is 0 Å². The second-order valence-electron chi connectivity index (χ2n) is 4.19. The molecule has 0 N–H and O–H groups in total. The van der Waals surface area contributed by atoms with Crippen LogP contribution in [0, 0.1) is 6.92 Å². The zero-order valence-corrected chi connectivity index (χ0v) is 10.6. The first-order valence-corrected chi connectivity index (χ1v) is 6.32. The second kappa shape index (κ2) is 4.67. The van der Waals surface area contributed by atoms with Gasteiger partial charge in [0.1, 0.15) is 0 Å². The average molecular weight is 228 g/mol. The van der Waals surface area contributed by atoms with Gasteiger partial charge in [0.05, 0.1) is 0 Å². The Morgan fingerprint density at radius 3 is 2.75 bits per heavy atom. The van der Waals surface area contributed by atoms with Crippen LogP contribution in [0.1, 0.15) is 28.5 Å². The van der Waals surface area contributed by atoms with Crippen LogP contribution in [0.4, 0.5) is 0 Å². The Labute approximate surface area is 101 Å². The number of hydrogen-bond donors (Lipinski definition) is 0. The standard InChI is InChI=1S/C15H16S/c1-11(2)15-10-13(7-6-12(15)3)9-14-5-4-8-16-14/h4-8,10H,1,9H2,2-3H3. The highest BCUT2D eigenvalue weighted by molar-refractivity contribution is 7.09. The summed E-state index contributed by atoms with van der Waals surface area (Å²) in [5.41, 5.74) is 5.10. The van der Waals surface area contributed by atoms with Crippen molar-refractivity contribution >= 4 is 16.9 Å². The number of benzene rings is 1. The minimum atomic E-state index is 1.03. The van der Waals surface area contributed by atoms with E-state index in [1.54, 1.807) is 0 Å². The lowest BCUT2D eigenvalue weighted by Gasteiger charge is -2.08. The van der Waals surface area contributed by atoms with Crippen molar-refractivity contribution in [3.05, 3.63) is 63.9 Å². The molecule has 0 atom stereocenters. The largest absolute Gasteiger partial charge is 0.149 e. The van der Waals surface area contributed by atoms with E-state index < -0.39 is 0 Å². The predicted octanol–water partition coefficient (Wildman–Crippen LogP) is 4.68. The van der Waals surface area contributed by atoms with E-state index in [2.05, 4.69) is 56.1 Å². The number of rotatable bonds is 3. The van der Waals surface area contributed by atoms with Gasteiger partial charge < -0.3 is 0 Å². The molecule has 0 fully saturated rings. The van der Waals surface area contributed by atoms with Crippen LogP contribution in [0.15, 0.2) is 42.3 Å². The van der Waals surface area contributed by atoms with E-state index in [-0.39, 0.29) is 0 Å². The number of allylic oxidation sites excluding steroid dienone is 1. The fourth-order valence-corrected chi connectivity index (χ4v) is 2.59. The maximum atomic E-state index is 4.03. The van der Waals surface area contributed by atoms with E-state index >= 15 is 0 Å². The molecule has 0 amide bonds. The third kappa shape index (κ3) is 2.42. The van der Waals surface area contributed by atoms with Crippen LogP contribution in [0.5, 0.6) is 0 Å². The summed E-state index contributed by atoms with van der Waals surface area (Å²) in [6, 6.07) is 10.9. The first-order valence-electron chi connectivity index (χ1n) is 5.44. The lowest BCUT2D eigenvalue weighted by atomic mass is 9.98. The van der Waals surface area contributed by atoms with Crippen molar-refractivity contribution in [2.45, 2.75) is 20.3 Å². The summed E-state index contributed by atoms with van der Waals surface area (Å²) in [5.74, 6) is 0. The van der Waals surface area contributed by atoms with Crippen LogP contribution in [0.25, 0.3) is 5.57 Å². The molecular formula is C15H16S. The van der Waals surface area contributed by atoms with E-state index in [1.807, 2.05) is 11.3 Å². The maximum absolute atomic E-state index is 4.03. The van der Waals surface area contributed by atoms with Crippen molar-refractivity contribution in [3.63, 3.8) is 0 Å². The molecule has 0 nitrogen and oxygen atoms in total. The van der Waals surface area contributed by atoms with Gasteiger partial charge in [-0.3, -0.25) is 0 Å². The molecule has 0 aliphatic rings. The molecule has 2 rings (SSSR count). The third-order valence-electron chi connectivity index (χ3n) is 2.72. The molecular weight excluding hydrogens is 212 g/mol. The van der Waals surface area contributed by atoms with Crippen molar-refractivity contribution < 1.29 is 0 Å². The summed E-state index contributed by atoms with van der Waals surface area (Å²) in [6.07, 6.45) is 1.03. The number of aryl methyl sites for hydroxylation is 1. The average Bonchev–Trinajstić information content (AvgIpc) is 2.73. The SMILES string of the molecule is C=C(C)c1cc(Cc2cccs2)ccc1C. The zero-order chi connectivity index (χ0) is 11.5. The van der Waals surface area contributed by atoms with Crippen molar-refractivity contribution in [3.8, 4) is 0 Å². The van der Waals surface area contributed by atoms with Crippen molar-refractivity contribution in [2.75, 3.05) is 0 Å². The molecule has 0 bridgehead atoms. The number of hydrogen-bond acceptors (Lipinski definition) is 1. The first kappa shape index (κ1) is 11.2. The Balaban J connectivity index is 2.29. The summed E-state index contributed by atoms with van der Waals surface area (Å²) in [7, 11) is 0. The van der Waals surface area contributed by atoms with Gasteiger partial charge in [0.15, 0.2) is 0 Å². The molecule has 0 spiro atoms. The summed E-state index contributed by atoms with van der Waals surface area (Å²) in [4.78, 5) is 1.41. The highest BCUT2D eigenvalue weighted by Crippen LogP contribution is 2.21. The van der Waals surface area contributed by atoms with Gasteiger partial charge in [-0.1, -0.05) is 36.4 Å². The molecule has 0 unspecified atom stereocenters. The van der Waals surface area contributed by atoms with E-state index in [9.17, 15) is 0 Å². The van der Waals surface area contributed by atoms with Gasteiger partial charge in [-0.2, -0.15) is 0 Å². The Bertz CT molecular complexity index is 492. The Hall–Kier alpha value is -1.34. The zero-order valence-electron chi connectivity index (χ0n) is 9.79. The maximum Gasteiger partial charge on any atom is 0.00890 e. The Morgan fingerprint density at radius 1 is 1.31 bits per heavy atom. The Kier molecular flexibility index (Phi) is 3.25. The molecule has 0 aliphatic carbocycles. The first-order chi connectivity index (χ1) is 7.66. The van der Waals surface area contributed by atoms with E-state index in [0.29, 0.717) is 0 Å². The normalized spacial score (nSPS) is 10.4. The van der Waals surface area contributed by atoms with Crippen molar-refractivity contribution in [1.29, 1.82) is 0 Å². The van der Waals surface area contributed by atoms with Gasteiger partial charge in [-0.25, -0.2) is 0 Å². The summed E-state index contributed by atoms with van der Waals surface area (Å²) in [5, 5.41) is 2.13. The topological polar surface area (TPSA) is 0 Å². The van der Waals surface area contributed by atoms with Gasteiger partial charge in [-0.05, 0) is 42.0 Å². The summed E-state index contributed by atoms with van der Waals surface area (Å²) in [6.45, 7) is 8.23. The molecule has 1 aromatic heterocycles. The Morgan fingerprint density at radius 2 is 2.12 bits per heavy atom. The van der Waals surface area contributed by atoms with Gasteiger partial charge in [0, 0.05) is 11.3 Å². The second-order valence-corrected chi connectivity index (χ2v) is 5.22. The van der Waals surface area contributed by atoms with Crippen LogP contribution in [0.3, 0.4) is 0 Å². The van der Waals surface area contributed by atoms with Crippen LogP contribution in [-0.4, -0.2) is 0 Å². The lowest BCUT2D eigenvalue weighted by molar-refractivity contribution is 1.22. The molecule has 0 saturated heterocycles. The lowest BCUT2D eigenvalue weighted by Crippen LogP contribution is -1.90. The van der Waals surface area contributed by atoms with Gasteiger partial charge in [0.25, 0.3) is 0 Å². The third-order valence-corrected chi connectivity index (χ3v) is 3.60. The fraction of sp³-hybridized carbons (Fsp3) is 0.200. The van der Waals surface area contributed by atoms with E-state index in [4.69, 9.17) is 0 Å². The smallest absolute Gasteiger partial charge is 0.00890 e. The minimum absolute atomic E-state index is 1.03. The van der Waals surface area contributed by atoms with Crippen LogP contribution >= 0.6 is 11.3 Å². The van der Waals surface area contributed by atoms with E-state index in [1.165, 1.54) is 21.6 Å². The molecule has 16 heavy (non-hydrogen) atoms. The summed E-state index contributed by atoms with van der Waals surface area (Å²) < 4.78 is 0. The van der Waals surface area contributed by atoms with Crippen LogP contribution in [0.2, 0.25) is 0 Å². The molecule has 1 heterocycles. The summed E-state index contributed by atoms with van der Waals surface area (Å²) >= 11 is 1.81. The van der Waals surface area contributed by atoms with Gasteiger partial charge in [0.2, 0.25) is 0 Å². The quantitative estimate of drug-likeness (QED) is 0.715. The van der Waals surface area contributed by atoms with Crippen LogP contribution < -0.4 is 0 Å². The predicted molar refractivity (Wildman–Crippen MR) is 73.0 cm³/mol. The monoisotopic (exact) mass is 228 g/mol. The van der Waals surface area contributed by atoms with Crippen LogP contribution in [-0.2, 0) is 6.42 Å². The van der Waals surface area contributed by atoms with E-state index in [0.717, 1.165) is 12.0 Å².